The van der Waals surface area contributed by atoms with Crippen molar-refractivity contribution < 1.29 is 14.3 Å². The minimum absolute atomic E-state index is 0.00674. The van der Waals surface area contributed by atoms with Crippen molar-refractivity contribution in [1.82, 2.24) is 0 Å². The Kier molecular flexibility index (Phi) is 3.21. The van der Waals surface area contributed by atoms with Crippen LogP contribution in [0.4, 0.5) is 0 Å². The zero-order valence-electron chi connectivity index (χ0n) is 13.9. The number of carbonyl (C=O) groups is 1. The maximum Gasteiger partial charge on any atom is 0.313 e. The lowest BCUT2D eigenvalue weighted by atomic mass is 9.52. The monoisotopic (exact) mass is 312 g/mol. The van der Waals surface area contributed by atoms with E-state index in [9.17, 15) is 4.79 Å². The van der Waals surface area contributed by atoms with Crippen LogP contribution in [-0.4, -0.2) is 18.7 Å². The Bertz CT molecular complexity index is 648. The quantitative estimate of drug-likeness (QED) is 0.456. The molecule has 1 saturated heterocycles. The molecule has 4 fully saturated rings. The van der Waals surface area contributed by atoms with Gasteiger partial charge in [0.1, 0.15) is 6.10 Å². The number of rotatable bonds is 6. The molecule has 23 heavy (non-hydrogen) atoms. The first-order valence-corrected chi connectivity index (χ1v) is 8.51. The SMILES string of the molecule is C=C1C2C3OC(=O)C2(CCCOCc2ccccc2)C1C3(C)C. The van der Waals surface area contributed by atoms with Gasteiger partial charge < -0.3 is 9.47 Å². The second-order valence-electron chi connectivity index (χ2n) is 7.81. The molecule has 5 rings (SSSR count). The van der Waals surface area contributed by atoms with Crippen molar-refractivity contribution in [1.29, 1.82) is 0 Å². The standard InChI is InChI=1S/C20H24O3/c1-13-15-17-19(2,3)16(13)20(15,18(21)23-17)10-7-11-22-12-14-8-5-4-6-9-14/h4-6,8-9,15-17H,1,7,10-12H2,2-3H3. The van der Waals surface area contributed by atoms with Crippen molar-refractivity contribution >= 4 is 5.97 Å². The molecular weight excluding hydrogens is 288 g/mol. The summed E-state index contributed by atoms with van der Waals surface area (Å²) >= 11 is 0. The average molecular weight is 312 g/mol. The van der Waals surface area contributed by atoms with Gasteiger partial charge in [-0.15, -0.1) is 0 Å². The van der Waals surface area contributed by atoms with Gasteiger partial charge >= 0.3 is 5.97 Å². The summed E-state index contributed by atoms with van der Waals surface area (Å²) < 4.78 is 11.5. The molecule has 4 atom stereocenters. The summed E-state index contributed by atoms with van der Waals surface area (Å²) in [6.45, 7) is 9.97. The van der Waals surface area contributed by atoms with Crippen molar-refractivity contribution in [2.24, 2.45) is 22.7 Å². The zero-order chi connectivity index (χ0) is 16.2. The minimum atomic E-state index is -0.304. The average Bonchev–Trinajstić information content (AvgIpc) is 2.97. The van der Waals surface area contributed by atoms with Crippen LogP contribution in [0.1, 0.15) is 32.3 Å². The van der Waals surface area contributed by atoms with E-state index in [1.807, 2.05) is 18.2 Å². The first-order valence-electron chi connectivity index (χ1n) is 8.51. The summed E-state index contributed by atoms with van der Waals surface area (Å²) in [5.41, 5.74) is 2.15. The Morgan fingerprint density at radius 1 is 1.26 bits per heavy atom. The van der Waals surface area contributed by atoms with E-state index in [4.69, 9.17) is 9.47 Å². The Labute approximate surface area is 137 Å². The van der Waals surface area contributed by atoms with Crippen LogP contribution in [0.3, 0.4) is 0 Å². The minimum Gasteiger partial charge on any atom is -0.461 e. The highest BCUT2D eigenvalue weighted by Crippen LogP contribution is 2.78. The number of hydrogen-bond donors (Lipinski definition) is 0. The fourth-order valence-corrected chi connectivity index (χ4v) is 5.45. The number of esters is 1. The lowest BCUT2D eigenvalue weighted by Gasteiger charge is -2.49. The zero-order valence-corrected chi connectivity index (χ0v) is 13.9. The Morgan fingerprint density at radius 3 is 2.70 bits per heavy atom. The van der Waals surface area contributed by atoms with Crippen molar-refractivity contribution in [2.45, 2.75) is 39.4 Å². The second kappa shape index (κ2) is 4.94. The molecule has 1 aliphatic heterocycles. The van der Waals surface area contributed by atoms with E-state index < -0.39 is 0 Å². The van der Waals surface area contributed by atoms with Crippen LogP contribution in [0.15, 0.2) is 42.5 Å². The fraction of sp³-hybridized carbons (Fsp3) is 0.550. The molecule has 1 aromatic carbocycles. The van der Waals surface area contributed by atoms with Crippen LogP contribution in [0.5, 0.6) is 0 Å². The topological polar surface area (TPSA) is 35.5 Å². The molecule has 3 saturated carbocycles. The summed E-state index contributed by atoms with van der Waals surface area (Å²) in [4.78, 5) is 12.4. The predicted octanol–water partition coefficient (Wildman–Crippen LogP) is 3.74. The highest BCUT2D eigenvalue weighted by atomic mass is 16.6. The Hall–Kier alpha value is -1.61. The molecule has 1 heterocycles. The van der Waals surface area contributed by atoms with Crippen LogP contribution < -0.4 is 0 Å². The molecule has 0 N–H and O–H groups in total. The number of hydrogen-bond acceptors (Lipinski definition) is 3. The summed E-state index contributed by atoms with van der Waals surface area (Å²) in [5.74, 6) is 0.539. The van der Waals surface area contributed by atoms with Gasteiger partial charge in [-0.3, -0.25) is 4.79 Å². The summed E-state index contributed by atoms with van der Waals surface area (Å²) in [6, 6.07) is 10.2. The van der Waals surface area contributed by atoms with Crippen molar-refractivity contribution in [3.05, 3.63) is 48.0 Å². The number of benzene rings is 1. The maximum atomic E-state index is 12.4. The van der Waals surface area contributed by atoms with Gasteiger partial charge in [0, 0.05) is 23.9 Å². The third-order valence-corrected chi connectivity index (χ3v) is 6.23. The molecule has 122 valence electrons. The van der Waals surface area contributed by atoms with Gasteiger partial charge in [0.2, 0.25) is 0 Å². The molecule has 3 nitrogen and oxygen atoms in total. The summed E-state index contributed by atoms with van der Waals surface area (Å²) in [6.07, 6.45) is 1.79. The van der Waals surface area contributed by atoms with Crippen LogP contribution in [0.25, 0.3) is 0 Å². The lowest BCUT2D eigenvalue weighted by molar-refractivity contribution is -0.168. The maximum absolute atomic E-state index is 12.4. The van der Waals surface area contributed by atoms with E-state index in [-0.39, 0.29) is 28.8 Å². The third kappa shape index (κ3) is 1.83. The largest absolute Gasteiger partial charge is 0.461 e. The highest BCUT2D eigenvalue weighted by molar-refractivity contribution is 5.86. The van der Waals surface area contributed by atoms with Crippen molar-refractivity contribution in [3.8, 4) is 0 Å². The predicted molar refractivity (Wildman–Crippen MR) is 87.5 cm³/mol. The van der Waals surface area contributed by atoms with Gasteiger partial charge in [-0.1, -0.05) is 56.3 Å². The molecule has 4 bridgehead atoms. The van der Waals surface area contributed by atoms with Gasteiger partial charge in [-0.2, -0.15) is 0 Å². The van der Waals surface area contributed by atoms with Gasteiger partial charge in [-0.05, 0) is 18.4 Å². The summed E-state index contributed by atoms with van der Waals surface area (Å²) in [7, 11) is 0. The van der Waals surface area contributed by atoms with Gasteiger partial charge in [0.05, 0.1) is 12.0 Å². The molecule has 4 aliphatic rings. The molecule has 3 aliphatic carbocycles. The van der Waals surface area contributed by atoms with Gasteiger partial charge in [0.25, 0.3) is 0 Å². The van der Waals surface area contributed by atoms with E-state index >= 15 is 0 Å². The molecule has 3 heteroatoms. The Balaban J connectivity index is 1.35. The van der Waals surface area contributed by atoms with Crippen LogP contribution >= 0.6 is 0 Å². The molecule has 0 spiro atoms. The normalized spacial score (nSPS) is 36.0. The lowest BCUT2D eigenvalue weighted by Crippen LogP contribution is -2.52. The number of ether oxygens (including phenoxy) is 2. The van der Waals surface area contributed by atoms with Gasteiger partial charge in [0.15, 0.2) is 0 Å². The fourth-order valence-electron chi connectivity index (χ4n) is 5.45. The molecule has 0 radical (unpaired) electrons. The highest BCUT2D eigenvalue weighted by Gasteiger charge is 2.82. The first-order chi connectivity index (χ1) is 11.0. The molecular formula is C20H24O3. The van der Waals surface area contributed by atoms with E-state index in [0.29, 0.717) is 19.1 Å². The van der Waals surface area contributed by atoms with Gasteiger partial charge in [-0.25, -0.2) is 0 Å². The first kappa shape index (κ1) is 14.9. The molecule has 4 unspecified atom stereocenters. The van der Waals surface area contributed by atoms with Crippen molar-refractivity contribution in [3.63, 3.8) is 0 Å². The van der Waals surface area contributed by atoms with Crippen LogP contribution in [-0.2, 0) is 20.9 Å². The van der Waals surface area contributed by atoms with Crippen molar-refractivity contribution in [2.75, 3.05) is 6.61 Å². The molecule has 0 amide bonds. The van der Waals surface area contributed by atoms with E-state index in [0.717, 1.165) is 12.8 Å². The summed E-state index contributed by atoms with van der Waals surface area (Å²) in [5, 5.41) is 0. The molecule has 1 aromatic rings. The molecule has 0 aromatic heterocycles. The third-order valence-electron chi connectivity index (χ3n) is 6.23. The second-order valence-corrected chi connectivity index (χ2v) is 7.81. The van der Waals surface area contributed by atoms with E-state index in [2.05, 4.69) is 32.6 Å². The van der Waals surface area contributed by atoms with E-state index in [1.165, 1.54) is 11.1 Å². The van der Waals surface area contributed by atoms with Crippen LogP contribution in [0, 0.1) is 22.7 Å². The Morgan fingerprint density at radius 2 is 2.00 bits per heavy atom. The smallest absolute Gasteiger partial charge is 0.313 e. The van der Waals surface area contributed by atoms with E-state index in [1.54, 1.807) is 0 Å². The number of carbonyl (C=O) groups excluding carboxylic acids is 1. The van der Waals surface area contributed by atoms with Crippen LogP contribution in [0.2, 0.25) is 0 Å².